The van der Waals surface area contributed by atoms with Crippen LogP contribution >= 0.6 is 15.9 Å². The van der Waals surface area contributed by atoms with E-state index in [0.717, 1.165) is 15.4 Å². The zero-order valence-corrected chi connectivity index (χ0v) is 12.6. The van der Waals surface area contributed by atoms with Crippen LogP contribution in [0.4, 0.5) is 11.4 Å². The zero-order valence-electron chi connectivity index (χ0n) is 11.0. The van der Waals surface area contributed by atoms with E-state index in [1.165, 1.54) is 0 Å². The van der Waals surface area contributed by atoms with E-state index in [0.29, 0.717) is 16.9 Å². The Hall–Kier alpha value is -2.40. The molecule has 3 aromatic rings. The van der Waals surface area contributed by atoms with Crippen LogP contribution in [0.2, 0.25) is 0 Å². The second-order valence-electron chi connectivity index (χ2n) is 4.60. The summed E-state index contributed by atoms with van der Waals surface area (Å²) in [5, 5.41) is 3.82. The number of carbonyl (C=O) groups is 1. The molecule has 4 nitrogen and oxygen atoms in total. The normalized spacial score (nSPS) is 10.5. The molecule has 0 spiro atoms. The van der Waals surface area contributed by atoms with Gasteiger partial charge in [0, 0.05) is 27.4 Å². The molecule has 0 unspecified atom stereocenters. The van der Waals surface area contributed by atoms with Crippen molar-refractivity contribution in [1.29, 1.82) is 0 Å². The Labute approximate surface area is 130 Å². The van der Waals surface area contributed by atoms with Crippen LogP contribution in [0.1, 0.15) is 10.4 Å². The minimum atomic E-state index is -0.239. The Kier molecular flexibility index (Phi) is 3.58. The topological polar surface area (TPSA) is 68.0 Å². The van der Waals surface area contributed by atoms with Gasteiger partial charge in [0.2, 0.25) is 0 Å². The quantitative estimate of drug-likeness (QED) is 0.696. The molecule has 104 valence electrons. The first-order chi connectivity index (χ1) is 10.1. The van der Waals surface area contributed by atoms with Crippen LogP contribution in [0.3, 0.4) is 0 Å². The van der Waals surface area contributed by atoms with Crippen LogP contribution < -0.4 is 11.1 Å². The van der Waals surface area contributed by atoms with Gasteiger partial charge in [-0.3, -0.25) is 9.78 Å². The van der Waals surface area contributed by atoms with Crippen LogP contribution in [-0.4, -0.2) is 10.9 Å². The van der Waals surface area contributed by atoms with Gasteiger partial charge in [-0.05, 0) is 42.5 Å². The van der Waals surface area contributed by atoms with Gasteiger partial charge in [0.15, 0.2) is 0 Å². The van der Waals surface area contributed by atoms with Gasteiger partial charge in [0.05, 0.1) is 11.1 Å². The number of nitrogen functional groups attached to an aromatic ring is 1. The molecule has 0 aliphatic carbocycles. The lowest BCUT2D eigenvalue weighted by Crippen LogP contribution is -2.14. The molecule has 1 aromatic heterocycles. The van der Waals surface area contributed by atoms with Gasteiger partial charge in [-0.25, -0.2) is 0 Å². The third kappa shape index (κ3) is 2.87. The summed E-state index contributed by atoms with van der Waals surface area (Å²) in [6.45, 7) is 0. The number of anilines is 2. The monoisotopic (exact) mass is 341 g/mol. The Morgan fingerprint density at radius 1 is 1.14 bits per heavy atom. The van der Waals surface area contributed by atoms with Crippen molar-refractivity contribution in [3.05, 3.63) is 64.8 Å². The highest BCUT2D eigenvalue weighted by molar-refractivity contribution is 9.10. The lowest BCUT2D eigenvalue weighted by Gasteiger charge is -2.08. The van der Waals surface area contributed by atoms with Gasteiger partial charge < -0.3 is 11.1 Å². The summed E-state index contributed by atoms with van der Waals surface area (Å²) in [6.07, 6.45) is 1.74. The molecule has 3 rings (SSSR count). The molecule has 2 aromatic carbocycles. The number of nitrogens with one attached hydrogen (secondary N) is 1. The fraction of sp³-hybridized carbons (Fsp3) is 0. The highest BCUT2D eigenvalue weighted by Crippen LogP contribution is 2.21. The van der Waals surface area contributed by atoms with Crippen LogP contribution in [0, 0.1) is 0 Å². The fourth-order valence-electron chi connectivity index (χ4n) is 2.08. The van der Waals surface area contributed by atoms with Gasteiger partial charge in [0.1, 0.15) is 0 Å². The van der Waals surface area contributed by atoms with Crippen molar-refractivity contribution < 1.29 is 4.79 Å². The van der Waals surface area contributed by atoms with Crippen LogP contribution in [0.25, 0.3) is 10.9 Å². The summed E-state index contributed by atoms with van der Waals surface area (Å²) in [7, 11) is 0. The number of benzene rings is 2. The van der Waals surface area contributed by atoms with Gasteiger partial charge >= 0.3 is 0 Å². The molecule has 3 N–H and O–H groups in total. The molecule has 0 aliphatic rings. The molecular formula is C16H12BrN3O. The molecule has 21 heavy (non-hydrogen) atoms. The van der Waals surface area contributed by atoms with E-state index < -0.39 is 0 Å². The van der Waals surface area contributed by atoms with Crippen LogP contribution in [0.15, 0.2) is 59.2 Å². The highest BCUT2D eigenvalue weighted by Gasteiger charge is 2.10. The number of aromatic nitrogens is 1. The minimum absolute atomic E-state index is 0.239. The van der Waals surface area contributed by atoms with Crippen molar-refractivity contribution in [2.45, 2.75) is 0 Å². The van der Waals surface area contributed by atoms with E-state index in [2.05, 4.69) is 26.2 Å². The number of pyridine rings is 1. The lowest BCUT2D eigenvalue weighted by molar-refractivity contribution is 0.102. The van der Waals surface area contributed by atoms with E-state index >= 15 is 0 Å². The molecule has 5 heteroatoms. The van der Waals surface area contributed by atoms with E-state index in [4.69, 9.17) is 5.73 Å². The highest BCUT2D eigenvalue weighted by atomic mass is 79.9. The average Bonchev–Trinajstić information content (AvgIpc) is 2.49. The smallest absolute Gasteiger partial charge is 0.257 e. The third-order valence-electron chi connectivity index (χ3n) is 3.12. The largest absolute Gasteiger partial charge is 0.398 e. The summed E-state index contributed by atoms with van der Waals surface area (Å²) >= 11 is 3.34. The molecule has 0 atom stereocenters. The zero-order chi connectivity index (χ0) is 14.8. The van der Waals surface area contributed by atoms with Crippen molar-refractivity contribution in [1.82, 2.24) is 4.98 Å². The predicted octanol–water partition coefficient (Wildman–Crippen LogP) is 3.83. The standard InChI is InChI=1S/C16H12BrN3O/c17-11-3-5-14(18)13(9-11)16(21)20-12-4-6-15-10(8-12)2-1-7-19-15/h1-9H,18H2,(H,20,21). The first-order valence-corrected chi connectivity index (χ1v) is 7.14. The number of hydrogen-bond donors (Lipinski definition) is 2. The number of hydrogen-bond acceptors (Lipinski definition) is 3. The van der Waals surface area contributed by atoms with Crippen molar-refractivity contribution in [3.63, 3.8) is 0 Å². The second-order valence-corrected chi connectivity index (χ2v) is 5.51. The van der Waals surface area contributed by atoms with Crippen molar-refractivity contribution in [2.75, 3.05) is 11.1 Å². The van der Waals surface area contributed by atoms with E-state index in [1.807, 2.05) is 30.3 Å². The lowest BCUT2D eigenvalue weighted by atomic mass is 10.1. The van der Waals surface area contributed by atoms with Crippen LogP contribution in [0.5, 0.6) is 0 Å². The van der Waals surface area contributed by atoms with Crippen molar-refractivity contribution >= 4 is 44.1 Å². The average molecular weight is 342 g/mol. The molecule has 0 aliphatic heterocycles. The summed E-state index contributed by atoms with van der Waals surface area (Å²) in [4.78, 5) is 16.5. The molecule has 0 saturated carbocycles. The molecular weight excluding hydrogens is 330 g/mol. The Morgan fingerprint density at radius 3 is 2.86 bits per heavy atom. The maximum absolute atomic E-state index is 12.3. The van der Waals surface area contributed by atoms with Gasteiger partial charge in [0.25, 0.3) is 5.91 Å². The summed E-state index contributed by atoms with van der Waals surface area (Å²) in [6, 6.07) is 14.6. The Morgan fingerprint density at radius 2 is 2.00 bits per heavy atom. The van der Waals surface area contributed by atoms with Gasteiger partial charge in [-0.1, -0.05) is 22.0 Å². The third-order valence-corrected chi connectivity index (χ3v) is 3.61. The van der Waals surface area contributed by atoms with E-state index in [-0.39, 0.29) is 5.91 Å². The molecule has 0 radical (unpaired) electrons. The number of nitrogens with two attached hydrogens (primary N) is 1. The number of carbonyl (C=O) groups excluding carboxylic acids is 1. The maximum atomic E-state index is 12.3. The predicted molar refractivity (Wildman–Crippen MR) is 88.3 cm³/mol. The Bertz CT molecular complexity index is 833. The van der Waals surface area contributed by atoms with E-state index in [9.17, 15) is 4.79 Å². The fourth-order valence-corrected chi connectivity index (χ4v) is 2.44. The molecule has 0 saturated heterocycles. The summed E-state index contributed by atoms with van der Waals surface area (Å²) in [5.41, 5.74) is 8.32. The molecule has 1 amide bonds. The number of nitrogens with zero attached hydrogens (tertiary/aromatic N) is 1. The summed E-state index contributed by atoms with van der Waals surface area (Å²) in [5.74, 6) is -0.239. The summed E-state index contributed by atoms with van der Waals surface area (Å²) < 4.78 is 0.810. The number of fused-ring (bicyclic) bond motifs is 1. The second kappa shape index (κ2) is 5.54. The first-order valence-electron chi connectivity index (χ1n) is 6.34. The van der Waals surface area contributed by atoms with Crippen molar-refractivity contribution in [3.8, 4) is 0 Å². The van der Waals surface area contributed by atoms with Gasteiger partial charge in [-0.2, -0.15) is 0 Å². The Balaban J connectivity index is 1.90. The number of amides is 1. The van der Waals surface area contributed by atoms with Gasteiger partial charge in [-0.15, -0.1) is 0 Å². The van der Waals surface area contributed by atoms with E-state index in [1.54, 1.807) is 24.4 Å². The molecule has 0 bridgehead atoms. The molecule has 1 heterocycles. The first kappa shape index (κ1) is 13.6. The van der Waals surface area contributed by atoms with Crippen molar-refractivity contribution in [2.24, 2.45) is 0 Å². The molecule has 0 fully saturated rings. The maximum Gasteiger partial charge on any atom is 0.257 e. The minimum Gasteiger partial charge on any atom is -0.398 e. The number of rotatable bonds is 2. The SMILES string of the molecule is Nc1ccc(Br)cc1C(=O)Nc1ccc2ncccc2c1. The van der Waals surface area contributed by atoms with Crippen LogP contribution in [-0.2, 0) is 0 Å². The number of halogens is 1.